The van der Waals surface area contributed by atoms with E-state index in [1.54, 1.807) is 6.20 Å². The lowest BCUT2D eigenvalue weighted by Gasteiger charge is -2.14. The second-order valence-electron chi connectivity index (χ2n) is 7.01. The minimum absolute atomic E-state index is 0.221. The molecule has 1 aliphatic carbocycles. The first-order valence-electron chi connectivity index (χ1n) is 9.05. The standard InChI is InChI=1S/C20H19N5O/c1-12-17-19(25(24-12)15-6-2-3-7-15)22-18(23-20(17)26)14-8-9-16-13(11-14)5-4-10-21-16/h4-5,8-11,15,24H,2-3,6-7H2,1H3. The molecule has 0 amide bonds. The number of hydrogen-bond donors (Lipinski definition) is 1. The van der Waals surface area contributed by atoms with Crippen molar-refractivity contribution in [3.05, 3.63) is 52.6 Å². The van der Waals surface area contributed by atoms with Gasteiger partial charge in [0.1, 0.15) is 5.56 Å². The van der Waals surface area contributed by atoms with Crippen molar-refractivity contribution in [3.8, 4) is 22.8 Å². The first kappa shape index (κ1) is 15.3. The fraction of sp³-hybridized carbons (Fsp3) is 0.300. The maximum absolute atomic E-state index is 12.7. The summed E-state index contributed by atoms with van der Waals surface area (Å²) in [4.78, 5) is 26.1. The molecule has 0 radical (unpaired) electrons. The highest BCUT2D eigenvalue weighted by Gasteiger charge is 2.26. The molecule has 0 spiro atoms. The van der Waals surface area contributed by atoms with E-state index in [0.29, 0.717) is 17.4 Å². The van der Waals surface area contributed by atoms with E-state index < -0.39 is 0 Å². The van der Waals surface area contributed by atoms with Crippen LogP contribution in [0.5, 0.6) is 0 Å². The van der Waals surface area contributed by atoms with E-state index in [9.17, 15) is 4.79 Å². The number of H-pyrrole nitrogens is 1. The zero-order valence-electron chi connectivity index (χ0n) is 14.6. The summed E-state index contributed by atoms with van der Waals surface area (Å²) in [6.07, 6.45) is 6.45. The number of rotatable bonds is 2. The van der Waals surface area contributed by atoms with Crippen molar-refractivity contribution in [3.63, 3.8) is 0 Å². The molecule has 3 heterocycles. The van der Waals surface area contributed by atoms with Gasteiger partial charge in [0.15, 0.2) is 11.6 Å². The third-order valence-electron chi connectivity index (χ3n) is 5.30. The van der Waals surface area contributed by atoms with Gasteiger partial charge in [0.2, 0.25) is 0 Å². The molecule has 3 aliphatic rings. The Kier molecular flexibility index (Phi) is 3.38. The van der Waals surface area contributed by atoms with Crippen LogP contribution in [0.4, 0.5) is 0 Å². The molecule has 1 saturated carbocycles. The molecular weight excluding hydrogens is 326 g/mol. The summed E-state index contributed by atoms with van der Waals surface area (Å²) in [5.74, 6) is 1.19. The molecule has 0 unspecified atom stereocenters. The summed E-state index contributed by atoms with van der Waals surface area (Å²) >= 11 is 0. The van der Waals surface area contributed by atoms with E-state index in [4.69, 9.17) is 4.98 Å². The minimum Gasteiger partial charge on any atom is -0.300 e. The van der Waals surface area contributed by atoms with E-state index in [1.165, 1.54) is 12.8 Å². The Morgan fingerprint density at radius 1 is 1.15 bits per heavy atom. The van der Waals surface area contributed by atoms with Crippen molar-refractivity contribution in [2.45, 2.75) is 38.6 Å². The van der Waals surface area contributed by atoms with Crippen molar-refractivity contribution in [1.29, 1.82) is 0 Å². The van der Waals surface area contributed by atoms with Gasteiger partial charge in [-0.1, -0.05) is 18.9 Å². The van der Waals surface area contributed by atoms with Gasteiger partial charge in [-0.05, 0) is 44.0 Å². The number of aryl methyl sites for hydroxylation is 1. The monoisotopic (exact) mass is 345 g/mol. The lowest BCUT2D eigenvalue weighted by Crippen LogP contribution is -2.16. The van der Waals surface area contributed by atoms with Crippen LogP contribution in [-0.4, -0.2) is 24.7 Å². The van der Waals surface area contributed by atoms with Crippen molar-refractivity contribution in [1.82, 2.24) is 24.7 Å². The van der Waals surface area contributed by atoms with E-state index in [2.05, 4.69) is 19.7 Å². The van der Waals surface area contributed by atoms with E-state index in [1.807, 2.05) is 37.3 Å². The largest absolute Gasteiger partial charge is 0.300 e. The first-order chi connectivity index (χ1) is 12.7. The molecule has 1 aromatic carbocycles. The smallest absolute Gasteiger partial charge is 0.284 e. The molecule has 0 bridgehead atoms. The zero-order valence-corrected chi connectivity index (χ0v) is 14.6. The predicted molar refractivity (Wildman–Crippen MR) is 100 cm³/mol. The van der Waals surface area contributed by atoms with Crippen molar-refractivity contribution < 1.29 is 0 Å². The number of pyridine rings is 1. The first-order valence-corrected chi connectivity index (χ1v) is 9.05. The number of fused-ring (bicyclic) bond motifs is 2. The van der Waals surface area contributed by atoms with Gasteiger partial charge in [-0.25, -0.2) is 4.98 Å². The number of nitrogens with zero attached hydrogens (tertiary/aromatic N) is 4. The SMILES string of the molecule is Cc1[nH]n(C2CCCC2)c2nc(-c3ccc4ncccc4c3)nc(=O)c1-2. The fourth-order valence-electron chi connectivity index (χ4n) is 3.99. The van der Waals surface area contributed by atoms with Gasteiger partial charge in [0, 0.05) is 22.8 Å². The summed E-state index contributed by atoms with van der Waals surface area (Å²) in [6.45, 7) is 1.92. The molecule has 0 saturated heterocycles. The van der Waals surface area contributed by atoms with Crippen LogP contribution >= 0.6 is 0 Å². The molecule has 130 valence electrons. The molecular formula is C20H19N5O. The highest BCUT2D eigenvalue weighted by Crippen LogP contribution is 2.34. The summed E-state index contributed by atoms with van der Waals surface area (Å²) in [6, 6.07) is 10.1. The minimum atomic E-state index is -0.221. The lowest BCUT2D eigenvalue weighted by atomic mass is 10.1. The van der Waals surface area contributed by atoms with Gasteiger partial charge >= 0.3 is 0 Å². The quantitative estimate of drug-likeness (QED) is 0.601. The van der Waals surface area contributed by atoms with Gasteiger partial charge in [-0.3, -0.25) is 14.5 Å². The molecule has 2 aliphatic heterocycles. The van der Waals surface area contributed by atoms with Gasteiger partial charge < -0.3 is 5.10 Å². The molecule has 5 rings (SSSR count). The normalized spacial score (nSPS) is 15.3. The van der Waals surface area contributed by atoms with Crippen molar-refractivity contribution in [2.75, 3.05) is 0 Å². The molecule has 2 aromatic rings. The summed E-state index contributed by atoms with van der Waals surface area (Å²) in [5.41, 5.74) is 2.97. The number of nitrogens with one attached hydrogen (secondary N) is 1. The Morgan fingerprint density at radius 3 is 2.85 bits per heavy atom. The Balaban J connectivity index is 1.71. The zero-order chi connectivity index (χ0) is 17.7. The highest BCUT2D eigenvalue weighted by molar-refractivity contribution is 5.83. The number of aromatic nitrogens is 5. The molecule has 1 aromatic heterocycles. The Labute approximate surface area is 150 Å². The van der Waals surface area contributed by atoms with Gasteiger partial charge in [-0.2, -0.15) is 4.98 Å². The Hall–Kier alpha value is -3.02. The molecule has 1 fully saturated rings. The maximum atomic E-state index is 12.7. The summed E-state index contributed by atoms with van der Waals surface area (Å²) in [7, 11) is 0. The molecule has 26 heavy (non-hydrogen) atoms. The third-order valence-corrected chi connectivity index (χ3v) is 5.30. The molecule has 6 heteroatoms. The molecule has 0 atom stereocenters. The van der Waals surface area contributed by atoms with E-state index in [0.717, 1.165) is 40.8 Å². The van der Waals surface area contributed by atoms with Crippen LogP contribution in [0.25, 0.3) is 33.7 Å². The van der Waals surface area contributed by atoms with Crippen LogP contribution in [0.1, 0.15) is 37.4 Å². The summed E-state index contributed by atoms with van der Waals surface area (Å²) in [5, 5.41) is 4.36. The van der Waals surface area contributed by atoms with Gasteiger partial charge in [0.05, 0.1) is 11.6 Å². The average molecular weight is 345 g/mol. The van der Waals surface area contributed by atoms with Crippen LogP contribution in [0.2, 0.25) is 0 Å². The van der Waals surface area contributed by atoms with Crippen LogP contribution in [0, 0.1) is 6.92 Å². The van der Waals surface area contributed by atoms with Crippen molar-refractivity contribution >= 4 is 10.9 Å². The Bertz CT molecular complexity index is 1140. The van der Waals surface area contributed by atoms with Gasteiger partial charge in [0.25, 0.3) is 5.56 Å². The number of aromatic amines is 1. The Morgan fingerprint density at radius 2 is 2.00 bits per heavy atom. The predicted octanol–water partition coefficient (Wildman–Crippen LogP) is 3.71. The van der Waals surface area contributed by atoms with Gasteiger partial charge in [-0.15, -0.1) is 0 Å². The summed E-state index contributed by atoms with van der Waals surface area (Å²) < 4.78 is 2.08. The number of hydrogen-bond acceptors (Lipinski definition) is 4. The van der Waals surface area contributed by atoms with E-state index in [-0.39, 0.29) is 5.56 Å². The maximum Gasteiger partial charge on any atom is 0.284 e. The van der Waals surface area contributed by atoms with Crippen LogP contribution in [-0.2, 0) is 0 Å². The van der Waals surface area contributed by atoms with Crippen LogP contribution in [0.3, 0.4) is 0 Å². The topological polar surface area (TPSA) is 76.5 Å². The highest BCUT2D eigenvalue weighted by atomic mass is 16.1. The second-order valence-corrected chi connectivity index (χ2v) is 7.01. The molecule has 1 N–H and O–H groups in total. The van der Waals surface area contributed by atoms with Crippen LogP contribution < -0.4 is 5.56 Å². The van der Waals surface area contributed by atoms with Crippen molar-refractivity contribution in [2.24, 2.45) is 0 Å². The third kappa shape index (κ3) is 2.33. The van der Waals surface area contributed by atoms with E-state index >= 15 is 0 Å². The second kappa shape index (κ2) is 5.76. The average Bonchev–Trinajstić information content (AvgIpc) is 3.29. The van der Waals surface area contributed by atoms with Crippen LogP contribution in [0.15, 0.2) is 41.3 Å². The lowest BCUT2D eigenvalue weighted by molar-refractivity contribution is 0.466. The fourth-order valence-corrected chi connectivity index (χ4v) is 3.99. The molecule has 6 nitrogen and oxygen atoms in total. The number of benzene rings is 1.